The molecule has 1 amide bonds. The van der Waals surface area contributed by atoms with Crippen LogP contribution in [0.3, 0.4) is 0 Å². The lowest BCUT2D eigenvalue weighted by Gasteiger charge is -2.19. The zero-order valence-electron chi connectivity index (χ0n) is 15.3. The van der Waals surface area contributed by atoms with Gasteiger partial charge in [0, 0.05) is 10.6 Å². The summed E-state index contributed by atoms with van der Waals surface area (Å²) in [6, 6.07) is 11.0. The first kappa shape index (κ1) is 19.9. The van der Waals surface area contributed by atoms with Crippen molar-refractivity contribution in [3.63, 3.8) is 0 Å². The SMILES string of the molecule is CSc1nn2c(-c3ccc(Cl)cc3Cl)cccc2c1NC(=O)OC(C)(C)C. The van der Waals surface area contributed by atoms with Gasteiger partial charge in [0.2, 0.25) is 0 Å². The molecule has 0 atom stereocenters. The summed E-state index contributed by atoms with van der Waals surface area (Å²) in [6.07, 6.45) is 1.37. The minimum absolute atomic E-state index is 0.525. The number of anilines is 1. The van der Waals surface area contributed by atoms with E-state index in [4.69, 9.17) is 27.9 Å². The standard InChI is InChI=1S/C19H19Cl2N3O2S/c1-19(2,3)26-18(25)22-16-15-7-5-6-14(24(15)23-17(16)27-4)12-9-8-11(20)10-13(12)21/h5-10H,1-4H3,(H,22,25). The summed E-state index contributed by atoms with van der Waals surface area (Å²) in [5.74, 6) is 0. The van der Waals surface area contributed by atoms with Crippen LogP contribution in [0.1, 0.15) is 20.8 Å². The molecular weight excluding hydrogens is 405 g/mol. The lowest BCUT2D eigenvalue weighted by Crippen LogP contribution is -2.27. The van der Waals surface area contributed by atoms with E-state index in [1.165, 1.54) is 11.8 Å². The lowest BCUT2D eigenvalue weighted by atomic mass is 10.1. The van der Waals surface area contributed by atoms with Crippen LogP contribution in [-0.2, 0) is 4.74 Å². The number of carbonyl (C=O) groups excluding carboxylic acids is 1. The molecule has 8 heteroatoms. The Morgan fingerprint density at radius 2 is 1.96 bits per heavy atom. The van der Waals surface area contributed by atoms with Crippen molar-refractivity contribution in [2.75, 3.05) is 11.6 Å². The van der Waals surface area contributed by atoms with Gasteiger partial charge in [-0.05, 0) is 57.4 Å². The third-order valence-corrected chi connectivity index (χ3v) is 4.87. The van der Waals surface area contributed by atoms with Gasteiger partial charge in [0.1, 0.15) is 16.3 Å². The molecule has 0 saturated carbocycles. The summed E-state index contributed by atoms with van der Waals surface area (Å²) in [4.78, 5) is 12.3. The number of ether oxygens (including phenoxy) is 1. The first-order valence-corrected chi connectivity index (χ1v) is 10.2. The van der Waals surface area contributed by atoms with E-state index in [0.29, 0.717) is 20.8 Å². The van der Waals surface area contributed by atoms with E-state index in [1.54, 1.807) is 16.6 Å². The molecule has 0 unspecified atom stereocenters. The van der Waals surface area contributed by atoms with Gasteiger partial charge in [-0.3, -0.25) is 5.32 Å². The Bertz CT molecular complexity index is 1010. The number of nitrogens with zero attached hydrogens (tertiary/aromatic N) is 2. The largest absolute Gasteiger partial charge is 0.444 e. The number of halogens is 2. The number of carbonyl (C=O) groups is 1. The molecule has 0 bridgehead atoms. The van der Waals surface area contributed by atoms with Crippen molar-refractivity contribution in [3.05, 3.63) is 46.4 Å². The van der Waals surface area contributed by atoms with Crippen LogP contribution in [0.5, 0.6) is 0 Å². The first-order valence-electron chi connectivity index (χ1n) is 8.21. The Morgan fingerprint density at radius 1 is 1.22 bits per heavy atom. The minimum atomic E-state index is -0.589. The molecule has 0 radical (unpaired) electrons. The predicted octanol–water partition coefficient (Wildman–Crippen LogP) is 6.38. The highest BCUT2D eigenvalue weighted by atomic mass is 35.5. The van der Waals surface area contributed by atoms with Crippen molar-refractivity contribution >= 4 is 52.3 Å². The summed E-state index contributed by atoms with van der Waals surface area (Å²) in [5, 5.41) is 9.23. The number of fused-ring (bicyclic) bond motifs is 1. The molecule has 0 saturated heterocycles. The van der Waals surface area contributed by atoms with Crippen LogP contribution >= 0.6 is 35.0 Å². The zero-order chi connectivity index (χ0) is 19.8. The predicted molar refractivity (Wildman–Crippen MR) is 112 cm³/mol. The van der Waals surface area contributed by atoms with Gasteiger partial charge in [-0.1, -0.05) is 29.3 Å². The monoisotopic (exact) mass is 423 g/mol. The average Bonchev–Trinajstić information content (AvgIpc) is 2.91. The van der Waals surface area contributed by atoms with Crippen LogP contribution in [0.4, 0.5) is 10.5 Å². The highest BCUT2D eigenvalue weighted by Gasteiger charge is 2.21. The fraction of sp³-hybridized carbons (Fsp3) is 0.263. The molecular formula is C19H19Cl2N3O2S. The van der Waals surface area contributed by atoms with Crippen molar-refractivity contribution in [3.8, 4) is 11.3 Å². The maximum absolute atomic E-state index is 12.3. The smallest absolute Gasteiger partial charge is 0.412 e. The second-order valence-corrected chi connectivity index (χ2v) is 8.48. The number of nitrogens with one attached hydrogen (secondary N) is 1. The molecule has 2 heterocycles. The topological polar surface area (TPSA) is 55.6 Å². The van der Waals surface area contributed by atoms with Crippen LogP contribution in [0, 0.1) is 0 Å². The third-order valence-electron chi connectivity index (χ3n) is 3.65. The van der Waals surface area contributed by atoms with Crippen LogP contribution < -0.4 is 5.32 Å². The summed E-state index contributed by atoms with van der Waals surface area (Å²) in [6.45, 7) is 5.45. The third kappa shape index (κ3) is 4.34. The number of amides is 1. The number of hydrogen-bond donors (Lipinski definition) is 1. The molecule has 0 aliphatic heterocycles. The summed E-state index contributed by atoms with van der Waals surface area (Å²) >= 11 is 13.8. The molecule has 5 nitrogen and oxygen atoms in total. The highest BCUT2D eigenvalue weighted by Crippen LogP contribution is 2.35. The summed E-state index contributed by atoms with van der Waals surface area (Å²) in [5.41, 5.74) is 2.35. The van der Waals surface area contributed by atoms with Crippen LogP contribution in [0.2, 0.25) is 10.0 Å². The van der Waals surface area contributed by atoms with Gasteiger partial charge in [-0.2, -0.15) is 5.10 Å². The Labute approximate surface area is 172 Å². The van der Waals surface area contributed by atoms with Crippen molar-refractivity contribution in [2.45, 2.75) is 31.4 Å². The minimum Gasteiger partial charge on any atom is -0.444 e. The van der Waals surface area contributed by atoms with Crippen molar-refractivity contribution in [2.24, 2.45) is 0 Å². The zero-order valence-corrected chi connectivity index (χ0v) is 17.7. The van der Waals surface area contributed by atoms with E-state index in [-0.39, 0.29) is 0 Å². The maximum Gasteiger partial charge on any atom is 0.412 e. The molecule has 0 aliphatic rings. The number of benzene rings is 1. The number of rotatable bonds is 3. The van der Waals surface area contributed by atoms with Crippen LogP contribution in [-0.4, -0.2) is 27.6 Å². The Balaban J connectivity index is 2.10. The second kappa shape index (κ2) is 7.62. The van der Waals surface area contributed by atoms with Gasteiger partial charge >= 0.3 is 6.09 Å². The summed E-state index contributed by atoms with van der Waals surface area (Å²) in [7, 11) is 0. The van der Waals surface area contributed by atoms with Crippen molar-refractivity contribution in [1.29, 1.82) is 0 Å². The van der Waals surface area contributed by atoms with Gasteiger partial charge in [0.25, 0.3) is 0 Å². The summed E-state index contributed by atoms with van der Waals surface area (Å²) < 4.78 is 7.13. The molecule has 3 rings (SSSR count). The molecule has 1 N–H and O–H groups in total. The highest BCUT2D eigenvalue weighted by molar-refractivity contribution is 7.98. The first-order chi connectivity index (χ1) is 12.7. The number of pyridine rings is 1. The number of hydrogen-bond acceptors (Lipinski definition) is 4. The molecule has 0 fully saturated rings. The Hall–Kier alpha value is -1.89. The molecule has 1 aromatic carbocycles. The molecule has 0 spiro atoms. The fourth-order valence-electron chi connectivity index (χ4n) is 2.62. The van der Waals surface area contributed by atoms with Crippen LogP contribution in [0.15, 0.2) is 41.4 Å². The fourth-order valence-corrected chi connectivity index (χ4v) is 3.64. The number of aromatic nitrogens is 2. The second-order valence-electron chi connectivity index (χ2n) is 6.84. The van der Waals surface area contributed by atoms with E-state index < -0.39 is 11.7 Å². The molecule has 27 heavy (non-hydrogen) atoms. The number of thioether (sulfide) groups is 1. The molecule has 2 aromatic heterocycles. The molecule has 0 aliphatic carbocycles. The van der Waals surface area contributed by atoms with Gasteiger partial charge in [0.15, 0.2) is 0 Å². The van der Waals surface area contributed by atoms with Gasteiger partial charge < -0.3 is 4.74 Å². The molecule has 142 valence electrons. The van der Waals surface area contributed by atoms with E-state index in [1.807, 2.05) is 51.3 Å². The Morgan fingerprint density at radius 3 is 2.59 bits per heavy atom. The van der Waals surface area contributed by atoms with Crippen molar-refractivity contribution < 1.29 is 9.53 Å². The normalized spacial score (nSPS) is 11.6. The van der Waals surface area contributed by atoms with E-state index >= 15 is 0 Å². The quantitative estimate of drug-likeness (QED) is 0.496. The van der Waals surface area contributed by atoms with Crippen molar-refractivity contribution in [1.82, 2.24) is 9.61 Å². The van der Waals surface area contributed by atoms with Gasteiger partial charge in [-0.25, -0.2) is 9.31 Å². The Kier molecular flexibility index (Phi) is 5.60. The lowest BCUT2D eigenvalue weighted by molar-refractivity contribution is 0.0635. The van der Waals surface area contributed by atoms with E-state index in [0.717, 1.165) is 16.8 Å². The maximum atomic E-state index is 12.3. The van der Waals surface area contributed by atoms with Gasteiger partial charge in [0.05, 0.1) is 16.2 Å². The van der Waals surface area contributed by atoms with E-state index in [2.05, 4.69) is 10.4 Å². The molecule has 3 aromatic rings. The van der Waals surface area contributed by atoms with Gasteiger partial charge in [-0.15, -0.1) is 11.8 Å². The van der Waals surface area contributed by atoms with E-state index in [9.17, 15) is 4.79 Å². The average molecular weight is 424 g/mol. The van der Waals surface area contributed by atoms with Crippen LogP contribution in [0.25, 0.3) is 16.8 Å².